The van der Waals surface area contributed by atoms with Crippen LogP contribution in [0.3, 0.4) is 0 Å². The second-order valence-corrected chi connectivity index (χ2v) is 4.90. The van der Waals surface area contributed by atoms with Crippen LogP contribution in [0.15, 0.2) is 22.7 Å². The molecule has 114 valence electrons. The van der Waals surface area contributed by atoms with Gasteiger partial charge in [-0.1, -0.05) is 31.0 Å². The number of benzene rings is 1. The molecule has 2 rings (SSSR count). The van der Waals surface area contributed by atoms with Crippen LogP contribution < -0.4 is 15.2 Å². The van der Waals surface area contributed by atoms with Crippen molar-refractivity contribution in [3.05, 3.63) is 23.9 Å². The van der Waals surface area contributed by atoms with E-state index in [1.54, 1.807) is 14.2 Å². The molecule has 5 heteroatoms. The highest BCUT2D eigenvalue weighted by Crippen LogP contribution is 2.36. The first-order valence-corrected chi connectivity index (χ1v) is 7.17. The molecule has 0 radical (unpaired) electrons. The lowest BCUT2D eigenvalue weighted by molar-refractivity contribution is 0.355. The highest BCUT2D eigenvalue weighted by molar-refractivity contribution is 5.76. The number of rotatable bonds is 7. The van der Waals surface area contributed by atoms with E-state index >= 15 is 0 Å². The van der Waals surface area contributed by atoms with Crippen molar-refractivity contribution in [1.29, 1.82) is 0 Å². The highest BCUT2D eigenvalue weighted by atomic mass is 16.5. The van der Waals surface area contributed by atoms with E-state index in [-0.39, 0.29) is 0 Å². The Morgan fingerprint density at radius 3 is 2.57 bits per heavy atom. The predicted molar refractivity (Wildman–Crippen MR) is 82.7 cm³/mol. The summed E-state index contributed by atoms with van der Waals surface area (Å²) in [6.45, 7) is 2.17. The van der Waals surface area contributed by atoms with E-state index in [1.807, 2.05) is 18.2 Å². The third kappa shape index (κ3) is 3.29. The van der Waals surface area contributed by atoms with Crippen molar-refractivity contribution >= 4 is 5.88 Å². The van der Waals surface area contributed by atoms with Crippen LogP contribution in [0.4, 0.5) is 5.88 Å². The predicted octanol–water partition coefficient (Wildman–Crippen LogP) is 3.67. The molecule has 21 heavy (non-hydrogen) atoms. The molecule has 0 atom stereocenters. The number of nitrogens with two attached hydrogens (primary N) is 1. The fraction of sp³-hybridized carbons (Fsp3) is 0.438. The summed E-state index contributed by atoms with van der Waals surface area (Å²) in [5.41, 5.74) is 8.62. The van der Waals surface area contributed by atoms with Crippen LogP contribution in [0.5, 0.6) is 11.5 Å². The number of anilines is 1. The van der Waals surface area contributed by atoms with Gasteiger partial charge in [-0.15, -0.1) is 0 Å². The number of nitrogens with zero attached hydrogens (tertiary/aromatic N) is 1. The number of ether oxygens (including phenoxy) is 2. The monoisotopic (exact) mass is 290 g/mol. The molecule has 0 amide bonds. The number of hydrogen-bond acceptors (Lipinski definition) is 5. The first kappa shape index (κ1) is 15.2. The van der Waals surface area contributed by atoms with Gasteiger partial charge in [0.25, 0.3) is 0 Å². The molecule has 0 saturated carbocycles. The van der Waals surface area contributed by atoms with Crippen molar-refractivity contribution < 1.29 is 14.0 Å². The average Bonchev–Trinajstić information content (AvgIpc) is 2.87. The second-order valence-electron chi connectivity index (χ2n) is 4.90. The number of methoxy groups -OCH3 is 2. The Bertz CT molecular complexity index is 593. The van der Waals surface area contributed by atoms with Gasteiger partial charge in [-0.25, -0.2) is 0 Å². The lowest BCUT2D eigenvalue weighted by Crippen LogP contribution is -1.94. The molecule has 0 aliphatic heterocycles. The fourth-order valence-corrected chi connectivity index (χ4v) is 2.35. The summed E-state index contributed by atoms with van der Waals surface area (Å²) in [4.78, 5) is 0. The first-order chi connectivity index (χ1) is 10.2. The van der Waals surface area contributed by atoms with Gasteiger partial charge in [0.1, 0.15) is 0 Å². The zero-order chi connectivity index (χ0) is 15.2. The van der Waals surface area contributed by atoms with Crippen molar-refractivity contribution in [2.45, 2.75) is 32.6 Å². The number of unbranched alkanes of at least 4 members (excludes halogenated alkanes) is 2. The van der Waals surface area contributed by atoms with Crippen LogP contribution in [0.2, 0.25) is 0 Å². The Balaban J connectivity index is 2.34. The molecule has 0 unspecified atom stereocenters. The molecule has 0 spiro atoms. The van der Waals surface area contributed by atoms with E-state index in [1.165, 1.54) is 6.42 Å². The van der Waals surface area contributed by atoms with Crippen LogP contribution >= 0.6 is 0 Å². The van der Waals surface area contributed by atoms with Gasteiger partial charge in [0.05, 0.1) is 25.5 Å². The van der Waals surface area contributed by atoms with Gasteiger partial charge in [-0.05, 0) is 30.5 Å². The largest absolute Gasteiger partial charge is 0.493 e. The molecule has 5 nitrogen and oxygen atoms in total. The summed E-state index contributed by atoms with van der Waals surface area (Å²) < 4.78 is 15.8. The van der Waals surface area contributed by atoms with Crippen LogP contribution in [0, 0.1) is 0 Å². The first-order valence-electron chi connectivity index (χ1n) is 7.17. The topological polar surface area (TPSA) is 70.5 Å². The summed E-state index contributed by atoms with van der Waals surface area (Å²) >= 11 is 0. The summed E-state index contributed by atoms with van der Waals surface area (Å²) in [5, 5.41) is 4.09. The zero-order valence-electron chi connectivity index (χ0n) is 12.8. The van der Waals surface area contributed by atoms with Crippen molar-refractivity contribution in [2.75, 3.05) is 20.0 Å². The van der Waals surface area contributed by atoms with Crippen molar-refractivity contribution in [3.63, 3.8) is 0 Å². The summed E-state index contributed by atoms with van der Waals surface area (Å²) in [7, 11) is 3.22. The zero-order valence-corrected chi connectivity index (χ0v) is 12.8. The van der Waals surface area contributed by atoms with E-state index in [9.17, 15) is 0 Å². The lowest BCUT2D eigenvalue weighted by Gasteiger charge is -2.09. The van der Waals surface area contributed by atoms with Crippen LogP contribution in [0.1, 0.15) is 31.9 Å². The standard InChI is InChI=1S/C16H22N2O3/c1-4-5-6-7-12-15(16(17)21-18-12)11-8-9-13(19-2)14(10-11)20-3/h8-10H,4-7,17H2,1-3H3. The van der Waals surface area contributed by atoms with E-state index in [4.69, 9.17) is 19.7 Å². The van der Waals surface area contributed by atoms with Crippen LogP contribution in [0.25, 0.3) is 11.1 Å². The normalized spacial score (nSPS) is 10.6. The molecule has 0 saturated heterocycles. The van der Waals surface area contributed by atoms with Gasteiger partial charge < -0.3 is 19.7 Å². The van der Waals surface area contributed by atoms with Crippen molar-refractivity contribution in [1.82, 2.24) is 5.16 Å². The van der Waals surface area contributed by atoms with E-state index < -0.39 is 0 Å². The molecule has 0 bridgehead atoms. The number of aryl methyl sites for hydroxylation is 1. The average molecular weight is 290 g/mol. The molecule has 1 heterocycles. The Labute approximate surface area is 125 Å². The molecule has 1 aromatic carbocycles. The SMILES string of the molecule is CCCCCc1noc(N)c1-c1ccc(OC)c(OC)c1. The minimum Gasteiger partial charge on any atom is -0.493 e. The molecular weight excluding hydrogens is 268 g/mol. The van der Waals surface area contributed by atoms with Crippen molar-refractivity contribution in [2.24, 2.45) is 0 Å². The Kier molecular flexibility index (Phi) is 5.09. The second kappa shape index (κ2) is 7.02. The van der Waals surface area contributed by atoms with Gasteiger partial charge in [0.15, 0.2) is 11.5 Å². The molecule has 0 aliphatic carbocycles. The maximum absolute atomic E-state index is 5.94. The molecular formula is C16H22N2O3. The molecule has 0 aliphatic rings. The Morgan fingerprint density at radius 1 is 1.14 bits per heavy atom. The number of aromatic nitrogens is 1. The summed E-state index contributed by atoms with van der Waals surface area (Å²) in [6.07, 6.45) is 4.26. The minimum absolute atomic E-state index is 0.341. The molecule has 0 fully saturated rings. The van der Waals surface area contributed by atoms with Crippen LogP contribution in [-0.2, 0) is 6.42 Å². The fourth-order valence-electron chi connectivity index (χ4n) is 2.35. The third-order valence-corrected chi connectivity index (χ3v) is 3.48. The maximum atomic E-state index is 5.94. The molecule has 2 N–H and O–H groups in total. The van der Waals surface area contributed by atoms with Gasteiger partial charge in [0, 0.05) is 0 Å². The molecule has 2 aromatic rings. The molecule has 1 aromatic heterocycles. The van der Waals surface area contributed by atoms with E-state index in [2.05, 4.69) is 12.1 Å². The highest BCUT2D eigenvalue weighted by Gasteiger charge is 2.17. The number of nitrogen functional groups attached to an aromatic ring is 1. The summed E-state index contributed by atoms with van der Waals surface area (Å²) in [6, 6.07) is 5.69. The summed E-state index contributed by atoms with van der Waals surface area (Å²) in [5.74, 6) is 1.69. The maximum Gasteiger partial charge on any atom is 0.230 e. The lowest BCUT2D eigenvalue weighted by atomic mass is 10.0. The van der Waals surface area contributed by atoms with Gasteiger partial charge in [-0.3, -0.25) is 0 Å². The van der Waals surface area contributed by atoms with E-state index in [0.717, 1.165) is 36.1 Å². The third-order valence-electron chi connectivity index (χ3n) is 3.48. The van der Waals surface area contributed by atoms with Gasteiger partial charge in [0.2, 0.25) is 5.88 Å². The van der Waals surface area contributed by atoms with Crippen molar-refractivity contribution in [3.8, 4) is 22.6 Å². The Hall–Kier alpha value is -2.17. The quantitative estimate of drug-likeness (QED) is 0.788. The van der Waals surface area contributed by atoms with Crippen LogP contribution in [-0.4, -0.2) is 19.4 Å². The Morgan fingerprint density at radius 2 is 1.90 bits per heavy atom. The number of hydrogen-bond donors (Lipinski definition) is 1. The van der Waals surface area contributed by atoms with Gasteiger partial charge in [-0.2, -0.15) is 0 Å². The van der Waals surface area contributed by atoms with E-state index in [0.29, 0.717) is 17.4 Å². The van der Waals surface area contributed by atoms with Gasteiger partial charge >= 0.3 is 0 Å². The smallest absolute Gasteiger partial charge is 0.230 e. The minimum atomic E-state index is 0.341.